The van der Waals surface area contributed by atoms with Crippen molar-refractivity contribution in [2.24, 2.45) is 0 Å². The first-order valence-corrected chi connectivity index (χ1v) is 10.2. The van der Waals surface area contributed by atoms with E-state index in [-0.39, 0.29) is 17.3 Å². The second-order valence-corrected chi connectivity index (χ2v) is 10.1. The fraction of sp³-hybridized carbons (Fsp3) is 0.417. The molecular formula is C12H12Cl4O4S2. The molecule has 0 unspecified atom stereocenters. The van der Waals surface area contributed by atoms with Gasteiger partial charge in [-0.05, 0) is 24.3 Å². The highest BCUT2D eigenvalue weighted by Crippen LogP contribution is 2.27. The van der Waals surface area contributed by atoms with E-state index in [1.54, 1.807) is 0 Å². The third kappa shape index (κ3) is 7.15. The molecule has 0 heterocycles. The predicted molar refractivity (Wildman–Crippen MR) is 92.1 cm³/mol. The number of thioether (sulfide) groups is 1. The average molecular weight is 426 g/mol. The molecule has 0 aliphatic heterocycles. The summed E-state index contributed by atoms with van der Waals surface area (Å²) in [6.45, 7) is 0.0401. The zero-order valence-corrected chi connectivity index (χ0v) is 15.8. The van der Waals surface area contributed by atoms with Crippen LogP contribution in [-0.4, -0.2) is 42.0 Å². The van der Waals surface area contributed by atoms with Gasteiger partial charge in [0.25, 0.3) is 3.79 Å². The van der Waals surface area contributed by atoms with Gasteiger partial charge in [0.05, 0.1) is 10.6 Å². The van der Waals surface area contributed by atoms with Crippen LogP contribution in [0.2, 0.25) is 5.02 Å². The molecule has 0 aliphatic carbocycles. The van der Waals surface area contributed by atoms with Gasteiger partial charge in [0.1, 0.15) is 6.61 Å². The molecule has 0 fully saturated rings. The quantitative estimate of drug-likeness (QED) is 0.378. The largest absolute Gasteiger partial charge is 0.462 e. The number of esters is 1. The van der Waals surface area contributed by atoms with Crippen molar-refractivity contribution in [1.82, 2.24) is 0 Å². The molecule has 10 heteroatoms. The van der Waals surface area contributed by atoms with Crippen molar-refractivity contribution < 1.29 is 17.9 Å². The molecular weight excluding hydrogens is 414 g/mol. The summed E-state index contributed by atoms with van der Waals surface area (Å²) < 4.78 is 26.7. The van der Waals surface area contributed by atoms with Gasteiger partial charge in [0.2, 0.25) is 0 Å². The molecule has 0 aromatic heterocycles. The number of sulfone groups is 1. The fourth-order valence-electron chi connectivity index (χ4n) is 1.31. The minimum atomic E-state index is -3.35. The Morgan fingerprint density at radius 3 is 2.27 bits per heavy atom. The van der Waals surface area contributed by atoms with Gasteiger partial charge in [0, 0.05) is 16.5 Å². The minimum absolute atomic E-state index is 0.0301. The van der Waals surface area contributed by atoms with Crippen LogP contribution in [0.5, 0.6) is 0 Å². The first-order chi connectivity index (χ1) is 10.1. The third-order valence-corrected chi connectivity index (χ3v) is 6.01. The molecule has 1 aromatic carbocycles. The van der Waals surface area contributed by atoms with Gasteiger partial charge in [-0.25, -0.2) is 13.2 Å². The summed E-state index contributed by atoms with van der Waals surface area (Å²) in [6.07, 6.45) is 0. The normalized spacial score (nSPS) is 12.2. The van der Waals surface area contributed by atoms with Crippen LogP contribution in [-0.2, 0) is 19.4 Å². The van der Waals surface area contributed by atoms with Crippen molar-refractivity contribution in [3.05, 3.63) is 29.3 Å². The maximum Gasteiger partial charge on any atom is 0.358 e. The molecule has 0 saturated heterocycles. The Kier molecular flexibility index (Phi) is 8.12. The van der Waals surface area contributed by atoms with Gasteiger partial charge in [-0.2, -0.15) is 11.8 Å². The molecule has 0 saturated carbocycles. The summed E-state index contributed by atoms with van der Waals surface area (Å²) in [5.74, 6) is -0.219. The van der Waals surface area contributed by atoms with Crippen molar-refractivity contribution in [3.63, 3.8) is 0 Å². The molecule has 22 heavy (non-hydrogen) atoms. The zero-order chi connectivity index (χ0) is 16.8. The number of hydrogen-bond acceptors (Lipinski definition) is 5. The maximum absolute atomic E-state index is 12.0. The average Bonchev–Trinajstić information content (AvgIpc) is 2.41. The zero-order valence-electron chi connectivity index (χ0n) is 11.1. The molecule has 0 spiro atoms. The molecule has 0 N–H and O–H groups in total. The smallest absolute Gasteiger partial charge is 0.358 e. The number of rotatable bonds is 7. The first-order valence-electron chi connectivity index (χ1n) is 5.93. The first kappa shape index (κ1) is 20.2. The topological polar surface area (TPSA) is 60.4 Å². The fourth-order valence-corrected chi connectivity index (χ4v) is 4.14. The number of alkyl halides is 3. The summed E-state index contributed by atoms with van der Waals surface area (Å²) in [5.41, 5.74) is 0. The summed E-state index contributed by atoms with van der Waals surface area (Å²) in [7, 11) is -3.35. The lowest BCUT2D eigenvalue weighted by Gasteiger charge is -2.10. The third-order valence-electron chi connectivity index (χ3n) is 2.36. The monoisotopic (exact) mass is 424 g/mol. The number of halogens is 4. The number of ether oxygens (including phenoxy) is 1. The second kappa shape index (κ2) is 8.85. The van der Waals surface area contributed by atoms with Gasteiger partial charge in [-0.3, -0.25) is 0 Å². The van der Waals surface area contributed by atoms with Crippen molar-refractivity contribution in [1.29, 1.82) is 0 Å². The Morgan fingerprint density at radius 2 is 1.73 bits per heavy atom. The van der Waals surface area contributed by atoms with E-state index < -0.39 is 19.6 Å². The van der Waals surface area contributed by atoms with Crippen molar-refractivity contribution in [3.8, 4) is 0 Å². The second-order valence-electron chi connectivity index (χ2n) is 4.02. The molecule has 0 aliphatic rings. The van der Waals surface area contributed by atoms with Crippen LogP contribution < -0.4 is 0 Å². The number of carbonyl (C=O) groups excluding carboxylic acids is 1. The highest BCUT2D eigenvalue weighted by molar-refractivity contribution is 8.00. The van der Waals surface area contributed by atoms with E-state index in [1.165, 1.54) is 36.0 Å². The molecule has 0 radical (unpaired) electrons. The Morgan fingerprint density at radius 1 is 1.14 bits per heavy atom. The van der Waals surface area contributed by atoms with Crippen LogP contribution in [0, 0.1) is 0 Å². The Balaban J connectivity index is 2.30. The van der Waals surface area contributed by atoms with E-state index in [4.69, 9.17) is 51.1 Å². The lowest BCUT2D eigenvalue weighted by atomic mass is 10.4. The molecule has 4 nitrogen and oxygen atoms in total. The highest BCUT2D eigenvalue weighted by atomic mass is 35.6. The molecule has 124 valence electrons. The minimum Gasteiger partial charge on any atom is -0.462 e. The van der Waals surface area contributed by atoms with E-state index in [0.717, 1.165) is 0 Å². The van der Waals surface area contributed by atoms with Gasteiger partial charge >= 0.3 is 5.97 Å². The molecule has 0 atom stereocenters. The summed E-state index contributed by atoms with van der Waals surface area (Å²) in [6, 6.07) is 5.98. The number of benzene rings is 1. The lowest BCUT2D eigenvalue weighted by molar-refractivity contribution is -0.141. The standard InChI is InChI=1S/C12H12Cl4O4S2/c13-9-1-3-10(4-2-9)22(18,19)8-7-21-6-5-20-11(17)12(14,15)16/h1-4H,5-8H2. The van der Waals surface area contributed by atoms with E-state index in [2.05, 4.69) is 0 Å². The van der Waals surface area contributed by atoms with Crippen LogP contribution in [0.25, 0.3) is 0 Å². The van der Waals surface area contributed by atoms with Crippen molar-refractivity contribution >= 4 is 74.0 Å². The van der Waals surface area contributed by atoms with E-state index in [1.807, 2.05) is 0 Å². The number of hydrogen-bond donors (Lipinski definition) is 0. The molecule has 1 aromatic rings. The SMILES string of the molecule is O=C(OCCSCCS(=O)(=O)c1ccc(Cl)cc1)C(Cl)(Cl)Cl. The van der Waals surface area contributed by atoms with Gasteiger partial charge < -0.3 is 4.74 Å². The Bertz CT molecular complexity index is 597. The maximum atomic E-state index is 12.0. The van der Waals surface area contributed by atoms with E-state index in [9.17, 15) is 13.2 Å². The Hall–Kier alpha value is 0.150. The predicted octanol–water partition coefficient (Wildman–Crippen LogP) is 3.76. The van der Waals surface area contributed by atoms with E-state index >= 15 is 0 Å². The highest BCUT2D eigenvalue weighted by Gasteiger charge is 2.32. The molecule has 0 amide bonds. The van der Waals surface area contributed by atoms with Crippen LogP contribution in [0.4, 0.5) is 0 Å². The van der Waals surface area contributed by atoms with Gasteiger partial charge in [0.15, 0.2) is 9.84 Å². The van der Waals surface area contributed by atoms with Crippen molar-refractivity contribution in [2.75, 3.05) is 23.9 Å². The molecule has 0 bridgehead atoms. The Labute approximate surface area is 153 Å². The molecule has 1 rings (SSSR count). The van der Waals surface area contributed by atoms with Gasteiger partial charge in [-0.15, -0.1) is 0 Å². The lowest BCUT2D eigenvalue weighted by Crippen LogP contribution is -2.23. The number of carbonyl (C=O) groups is 1. The van der Waals surface area contributed by atoms with Gasteiger partial charge in [-0.1, -0.05) is 46.4 Å². The van der Waals surface area contributed by atoms with Crippen LogP contribution >= 0.6 is 58.2 Å². The van der Waals surface area contributed by atoms with Crippen molar-refractivity contribution in [2.45, 2.75) is 8.69 Å². The van der Waals surface area contributed by atoms with E-state index in [0.29, 0.717) is 16.5 Å². The summed E-state index contributed by atoms with van der Waals surface area (Å²) in [5, 5.41) is 0.476. The van der Waals surface area contributed by atoms with Crippen LogP contribution in [0.3, 0.4) is 0 Å². The summed E-state index contributed by atoms with van der Waals surface area (Å²) >= 11 is 23.0. The van der Waals surface area contributed by atoms with Crippen LogP contribution in [0.15, 0.2) is 29.2 Å². The summed E-state index contributed by atoms with van der Waals surface area (Å²) in [4.78, 5) is 11.4. The van der Waals surface area contributed by atoms with Crippen LogP contribution in [0.1, 0.15) is 0 Å².